The zero-order valence-electron chi connectivity index (χ0n) is 15.2. The largest absolute Gasteiger partial charge is 0.341 e. The molecule has 2 amide bonds. The van der Waals surface area contributed by atoms with E-state index in [0.717, 1.165) is 64.3 Å². The molecule has 0 N–H and O–H groups in total. The van der Waals surface area contributed by atoms with Crippen molar-refractivity contribution in [2.24, 2.45) is 0 Å². The number of amides is 2. The van der Waals surface area contributed by atoms with Crippen molar-refractivity contribution < 1.29 is 9.59 Å². The number of aromatic nitrogens is 2. The average molecular weight is 347 g/mol. The van der Waals surface area contributed by atoms with E-state index in [1.54, 1.807) is 0 Å². The third kappa shape index (κ3) is 5.04. The van der Waals surface area contributed by atoms with Gasteiger partial charge in [-0.2, -0.15) is 5.10 Å². The number of aryl methyl sites for hydroxylation is 2. The van der Waals surface area contributed by atoms with E-state index in [1.165, 1.54) is 0 Å². The molecule has 0 atom stereocenters. The minimum absolute atomic E-state index is 0.213. The predicted octanol–water partition coefficient (Wildman–Crippen LogP) is 0.738. The first-order valence-electron chi connectivity index (χ1n) is 9.40. The van der Waals surface area contributed by atoms with Gasteiger partial charge in [0.05, 0.1) is 5.69 Å². The van der Waals surface area contributed by atoms with Crippen molar-refractivity contribution >= 4 is 11.8 Å². The number of nitrogens with zero attached hydrogens (tertiary/aromatic N) is 5. The molecule has 0 bridgehead atoms. The van der Waals surface area contributed by atoms with Crippen LogP contribution in [0.2, 0.25) is 0 Å². The van der Waals surface area contributed by atoms with Gasteiger partial charge in [0.25, 0.3) is 0 Å². The minimum Gasteiger partial charge on any atom is -0.341 e. The molecule has 3 heterocycles. The van der Waals surface area contributed by atoms with E-state index in [1.807, 2.05) is 33.7 Å². The number of likely N-dealkylation sites (tertiary alicyclic amines) is 1. The monoisotopic (exact) mass is 347 g/mol. The molecule has 0 aromatic carbocycles. The quantitative estimate of drug-likeness (QED) is 0.761. The number of rotatable bonds is 6. The SMILES string of the molecule is Cc1ccn(CCC(=O)N2CCCN(CCN3CCCC3=O)CC2)n1. The van der Waals surface area contributed by atoms with Gasteiger partial charge in [0.15, 0.2) is 0 Å². The van der Waals surface area contributed by atoms with Crippen molar-refractivity contribution in [1.82, 2.24) is 24.5 Å². The molecule has 1 aromatic heterocycles. The summed E-state index contributed by atoms with van der Waals surface area (Å²) in [5.41, 5.74) is 0.981. The Morgan fingerprint density at radius 2 is 1.96 bits per heavy atom. The van der Waals surface area contributed by atoms with Gasteiger partial charge in [0, 0.05) is 64.9 Å². The van der Waals surface area contributed by atoms with Gasteiger partial charge in [-0.3, -0.25) is 19.2 Å². The first kappa shape index (κ1) is 17.9. The highest BCUT2D eigenvalue weighted by molar-refractivity contribution is 5.78. The number of hydrogen-bond donors (Lipinski definition) is 0. The Balaban J connectivity index is 1.39. The van der Waals surface area contributed by atoms with Crippen LogP contribution >= 0.6 is 0 Å². The Morgan fingerprint density at radius 3 is 2.68 bits per heavy atom. The highest BCUT2D eigenvalue weighted by Gasteiger charge is 2.22. The van der Waals surface area contributed by atoms with Crippen molar-refractivity contribution in [2.45, 2.75) is 39.2 Å². The van der Waals surface area contributed by atoms with E-state index >= 15 is 0 Å². The van der Waals surface area contributed by atoms with Crippen LogP contribution in [0, 0.1) is 6.92 Å². The summed E-state index contributed by atoms with van der Waals surface area (Å²) in [4.78, 5) is 30.5. The second kappa shape index (κ2) is 8.47. The molecule has 0 unspecified atom stereocenters. The lowest BCUT2D eigenvalue weighted by molar-refractivity contribution is -0.131. The lowest BCUT2D eigenvalue weighted by Gasteiger charge is -2.24. The van der Waals surface area contributed by atoms with Crippen LogP contribution < -0.4 is 0 Å². The number of hydrogen-bond acceptors (Lipinski definition) is 4. The topological polar surface area (TPSA) is 61.7 Å². The third-order valence-electron chi connectivity index (χ3n) is 5.13. The summed E-state index contributed by atoms with van der Waals surface area (Å²) >= 11 is 0. The summed E-state index contributed by atoms with van der Waals surface area (Å²) in [6.45, 7) is 8.76. The maximum atomic E-state index is 12.5. The van der Waals surface area contributed by atoms with Crippen molar-refractivity contribution in [1.29, 1.82) is 0 Å². The van der Waals surface area contributed by atoms with E-state index in [0.29, 0.717) is 25.3 Å². The molecule has 0 saturated carbocycles. The summed E-state index contributed by atoms with van der Waals surface area (Å²) in [5, 5.41) is 4.33. The molecule has 1 aromatic rings. The van der Waals surface area contributed by atoms with Crippen molar-refractivity contribution in [3.05, 3.63) is 18.0 Å². The van der Waals surface area contributed by atoms with Gasteiger partial charge in [-0.15, -0.1) is 0 Å². The van der Waals surface area contributed by atoms with E-state index in [2.05, 4.69) is 10.00 Å². The molecule has 138 valence electrons. The number of carbonyl (C=O) groups excluding carboxylic acids is 2. The van der Waals surface area contributed by atoms with Gasteiger partial charge in [-0.05, 0) is 32.4 Å². The van der Waals surface area contributed by atoms with Crippen LogP contribution in [0.25, 0.3) is 0 Å². The first-order chi connectivity index (χ1) is 12.1. The molecule has 2 fully saturated rings. The molecule has 25 heavy (non-hydrogen) atoms. The molecule has 2 aliphatic rings. The molecule has 0 spiro atoms. The Hall–Kier alpha value is -1.89. The van der Waals surface area contributed by atoms with E-state index in [-0.39, 0.29) is 5.91 Å². The Bertz CT molecular complexity index is 600. The Morgan fingerprint density at radius 1 is 1.08 bits per heavy atom. The number of carbonyl (C=O) groups is 2. The van der Waals surface area contributed by atoms with Crippen LogP contribution in [0.1, 0.15) is 31.4 Å². The second-order valence-electron chi connectivity index (χ2n) is 7.03. The molecule has 3 rings (SSSR count). The van der Waals surface area contributed by atoms with E-state index in [9.17, 15) is 9.59 Å². The fourth-order valence-electron chi connectivity index (χ4n) is 3.60. The smallest absolute Gasteiger partial charge is 0.224 e. The maximum absolute atomic E-state index is 12.5. The summed E-state index contributed by atoms with van der Waals surface area (Å²) in [5.74, 6) is 0.505. The molecular weight excluding hydrogens is 318 g/mol. The van der Waals surface area contributed by atoms with Gasteiger partial charge in [-0.1, -0.05) is 0 Å². The molecule has 0 radical (unpaired) electrons. The van der Waals surface area contributed by atoms with Gasteiger partial charge in [-0.25, -0.2) is 0 Å². The van der Waals surface area contributed by atoms with Crippen molar-refractivity contribution in [2.75, 3.05) is 45.8 Å². The molecule has 2 saturated heterocycles. The Labute approximate surface area is 149 Å². The highest BCUT2D eigenvalue weighted by Crippen LogP contribution is 2.10. The predicted molar refractivity (Wildman–Crippen MR) is 95.0 cm³/mol. The van der Waals surface area contributed by atoms with Gasteiger partial charge < -0.3 is 9.80 Å². The summed E-state index contributed by atoms with van der Waals surface area (Å²) in [6.07, 6.45) is 5.13. The lowest BCUT2D eigenvalue weighted by Crippen LogP contribution is -2.39. The molecular formula is C18H29N5O2. The fourth-order valence-corrected chi connectivity index (χ4v) is 3.60. The third-order valence-corrected chi connectivity index (χ3v) is 5.13. The molecule has 7 nitrogen and oxygen atoms in total. The van der Waals surface area contributed by atoms with Crippen LogP contribution in [0.4, 0.5) is 0 Å². The van der Waals surface area contributed by atoms with Crippen LogP contribution in [-0.2, 0) is 16.1 Å². The summed E-state index contributed by atoms with van der Waals surface area (Å²) < 4.78 is 1.84. The van der Waals surface area contributed by atoms with Crippen LogP contribution in [0.3, 0.4) is 0 Å². The van der Waals surface area contributed by atoms with Crippen LogP contribution in [0.15, 0.2) is 12.3 Å². The van der Waals surface area contributed by atoms with Crippen molar-refractivity contribution in [3.8, 4) is 0 Å². The standard InChI is InChI=1S/C18H29N5O2/c1-16-5-10-23(19-16)11-6-18(25)22-9-3-7-20(13-15-22)12-14-21-8-2-4-17(21)24/h5,10H,2-4,6-9,11-15H2,1H3. The Kier molecular flexibility index (Phi) is 6.07. The second-order valence-corrected chi connectivity index (χ2v) is 7.03. The van der Waals surface area contributed by atoms with Gasteiger partial charge >= 0.3 is 0 Å². The molecule has 0 aliphatic carbocycles. The average Bonchev–Trinajstić information content (AvgIpc) is 3.12. The van der Waals surface area contributed by atoms with Gasteiger partial charge in [0.2, 0.25) is 11.8 Å². The first-order valence-corrected chi connectivity index (χ1v) is 9.40. The van der Waals surface area contributed by atoms with E-state index in [4.69, 9.17) is 0 Å². The normalized spacial score (nSPS) is 19.5. The highest BCUT2D eigenvalue weighted by atomic mass is 16.2. The van der Waals surface area contributed by atoms with Crippen LogP contribution in [0.5, 0.6) is 0 Å². The zero-order valence-corrected chi connectivity index (χ0v) is 15.2. The van der Waals surface area contributed by atoms with Crippen LogP contribution in [-0.4, -0.2) is 82.1 Å². The zero-order chi connectivity index (χ0) is 17.6. The maximum Gasteiger partial charge on any atom is 0.224 e. The van der Waals surface area contributed by atoms with Gasteiger partial charge in [0.1, 0.15) is 0 Å². The summed E-state index contributed by atoms with van der Waals surface area (Å²) in [7, 11) is 0. The lowest BCUT2D eigenvalue weighted by atomic mass is 10.3. The fraction of sp³-hybridized carbons (Fsp3) is 0.722. The molecule has 2 aliphatic heterocycles. The van der Waals surface area contributed by atoms with E-state index < -0.39 is 0 Å². The molecule has 7 heteroatoms. The van der Waals surface area contributed by atoms with Crippen molar-refractivity contribution in [3.63, 3.8) is 0 Å². The minimum atomic E-state index is 0.213. The summed E-state index contributed by atoms with van der Waals surface area (Å²) in [6, 6.07) is 1.96.